The summed E-state index contributed by atoms with van der Waals surface area (Å²) in [7, 11) is 1.79. The number of carbonyl (C=O) groups excluding carboxylic acids is 1. The topological polar surface area (TPSA) is 65.5 Å². The molecule has 1 aromatic carbocycles. The Morgan fingerprint density at radius 1 is 1.19 bits per heavy atom. The summed E-state index contributed by atoms with van der Waals surface area (Å²) in [6.07, 6.45) is 1.88. The first-order valence-electron chi connectivity index (χ1n) is 8.85. The molecule has 1 aromatic heterocycles. The molecule has 1 heterocycles. The van der Waals surface area contributed by atoms with E-state index in [9.17, 15) is 4.79 Å². The van der Waals surface area contributed by atoms with E-state index in [1.807, 2.05) is 35.6 Å². The van der Waals surface area contributed by atoms with Crippen molar-refractivity contribution < 1.29 is 4.79 Å². The lowest BCUT2D eigenvalue weighted by Crippen LogP contribution is -2.43. The predicted molar refractivity (Wildman–Crippen MR) is 111 cm³/mol. The zero-order valence-electron chi connectivity index (χ0n) is 15.9. The van der Waals surface area contributed by atoms with Crippen molar-refractivity contribution in [1.82, 2.24) is 10.6 Å². The van der Waals surface area contributed by atoms with E-state index in [0.29, 0.717) is 6.04 Å². The maximum absolute atomic E-state index is 11.0. The number of amides is 1. The highest BCUT2D eigenvalue weighted by Crippen LogP contribution is 2.16. The Morgan fingerprint density at radius 2 is 1.92 bits per heavy atom. The van der Waals surface area contributed by atoms with Crippen LogP contribution in [0.4, 0.5) is 5.69 Å². The number of hydrogen-bond acceptors (Lipinski definition) is 3. The molecule has 1 unspecified atom stereocenters. The van der Waals surface area contributed by atoms with E-state index >= 15 is 0 Å². The van der Waals surface area contributed by atoms with E-state index < -0.39 is 0 Å². The van der Waals surface area contributed by atoms with Crippen molar-refractivity contribution in [3.63, 3.8) is 0 Å². The lowest BCUT2D eigenvalue weighted by atomic mass is 10.1. The van der Waals surface area contributed by atoms with Crippen molar-refractivity contribution in [1.29, 1.82) is 0 Å². The van der Waals surface area contributed by atoms with Crippen molar-refractivity contribution >= 4 is 28.9 Å². The van der Waals surface area contributed by atoms with Gasteiger partial charge in [0.2, 0.25) is 5.91 Å². The predicted octanol–water partition coefficient (Wildman–Crippen LogP) is 3.35. The van der Waals surface area contributed by atoms with Gasteiger partial charge in [0.05, 0.1) is 0 Å². The van der Waals surface area contributed by atoms with E-state index in [1.165, 1.54) is 22.2 Å². The molecule has 1 atom stereocenters. The summed E-state index contributed by atoms with van der Waals surface area (Å²) in [5.41, 5.74) is 2.04. The monoisotopic (exact) mass is 372 g/mol. The number of benzene rings is 1. The summed E-state index contributed by atoms with van der Waals surface area (Å²) >= 11 is 1.84. The number of guanidine groups is 1. The van der Waals surface area contributed by atoms with Crippen LogP contribution in [0, 0.1) is 6.92 Å². The number of aryl methyl sites for hydroxylation is 1. The molecule has 0 spiro atoms. The molecule has 0 aliphatic heterocycles. The van der Waals surface area contributed by atoms with E-state index in [4.69, 9.17) is 0 Å². The van der Waals surface area contributed by atoms with Gasteiger partial charge in [-0.25, -0.2) is 0 Å². The van der Waals surface area contributed by atoms with Gasteiger partial charge in [-0.15, -0.1) is 11.3 Å². The quantitative estimate of drug-likeness (QED) is 0.516. The zero-order valence-corrected chi connectivity index (χ0v) is 16.7. The van der Waals surface area contributed by atoms with Gasteiger partial charge in [-0.1, -0.05) is 12.1 Å². The minimum atomic E-state index is -0.0545. The van der Waals surface area contributed by atoms with Crippen molar-refractivity contribution in [2.24, 2.45) is 4.99 Å². The Kier molecular flexibility index (Phi) is 7.66. The molecule has 0 saturated heterocycles. The van der Waals surface area contributed by atoms with E-state index in [2.05, 4.69) is 46.9 Å². The number of hydrogen-bond donors (Lipinski definition) is 3. The van der Waals surface area contributed by atoms with Gasteiger partial charge >= 0.3 is 0 Å². The Morgan fingerprint density at radius 3 is 2.50 bits per heavy atom. The minimum absolute atomic E-state index is 0.0545. The standard InChI is InChI=1S/C20H28N4OS/c1-14(13-19-10-5-15(2)26-19)23-20(21-4)22-12-11-17-6-8-18(9-7-17)24-16(3)25/h5-10,14H,11-13H2,1-4H3,(H,24,25)(H2,21,22,23). The summed E-state index contributed by atoms with van der Waals surface area (Å²) in [6, 6.07) is 12.6. The number of thiophene rings is 1. The molecule has 5 nitrogen and oxygen atoms in total. The van der Waals surface area contributed by atoms with E-state index in [0.717, 1.165) is 31.0 Å². The van der Waals surface area contributed by atoms with Crippen molar-refractivity contribution in [2.75, 3.05) is 18.9 Å². The van der Waals surface area contributed by atoms with Crippen molar-refractivity contribution in [3.05, 3.63) is 51.7 Å². The van der Waals surface area contributed by atoms with Gasteiger partial charge in [-0.05, 0) is 50.1 Å². The maximum Gasteiger partial charge on any atom is 0.221 e. The Bertz CT molecular complexity index is 737. The van der Waals surface area contributed by atoms with Gasteiger partial charge in [-0.2, -0.15) is 0 Å². The summed E-state index contributed by atoms with van der Waals surface area (Å²) in [5.74, 6) is 0.766. The first kappa shape index (κ1) is 20.0. The molecular formula is C20H28N4OS. The van der Waals surface area contributed by atoms with Crippen molar-refractivity contribution in [3.8, 4) is 0 Å². The second kappa shape index (κ2) is 9.97. The van der Waals surface area contributed by atoms with Crippen LogP contribution < -0.4 is 16.0 Å². The highest BCUT2D eigenvalue weighted by Gasteiger charge is 2.07. The molecule has 26 heavy (non-hydrogen) atoms. The molecule has 6 heteroatoms. The van der Waals surface area contributed by atoms with Gasteiger partial charge < -0.3 is 16.0 Å². The Labute approximate surface area is 159 Å². The molecular weight excluding hydrogens is 344 g/mol. The lowest BCUT2D eigenvalue weighted by molar-refractivity contribution is -0.114. The number of aliphatic imine (C=N–C) groups is 1. The summed E-state index contributed by atoms with van der Waals surface area (Å²) < 4.78 is 0. The number of nitrogens with one attached hydrogen (secondary N) is 3. The van der Waals surface area contributed by atoms with E-state index in [1.54, 1.807) is 7.05 Å². The van der Waals surface area contributed by atoms with Gasteiger partial charge in [0.15, 0.2) is 5.96 Å². The van der Waals surface area contributed by atoms with Crippen molar-refractivity contribution in [2.45, 2.75) is 39.7 Å². The molecule has 0 fully saturated rings. The molecule has 0 saturated carbocycles. The zero-order chi connectivity index (χ0) is 18.9. The third kappa shape index (κ3) is 6.88. The summed E-state index contributed by atoms with van der Waals surface area (Å²) in [4.78, 5) is 18.1. The molecule has 0 aliphatic carbocycles. The molecule has 3 N–H and O–H groups in total. The minimum Gasteiger partial charge on any atom is -0.356 e. The van der Waals surface area contributed by atoms with Crippen LogP contribution in [-0.4, -0.2) is 31.5 Å². The molecule has 1 amide bonds. The fourth-order valence-corrected chi connectivity index (χ4v) is 3.68. The van der Waals surface area contributed by atoms with Crippen LogP contribution in [0.2, 0.25) is 0 Å². The molecule has 0 bridgehead atoms. The largest absolute Gasteiger partial charge is 0.356 e. The number of carbonyl (C=O) groups is 1. The second-order valence-corrected chi connectivity index (χ2v) is 7.76. The normalized spacial score (nSPS) is 12.5. The van der Waals surface area contributed by atoms with Crippen LogP contribution in [-0.2, 0) is 17.6 Å². The van der Waals surface area contributed by atoms with Gasteiger partial charge in [0.25, 0.3) is 0 Å². The third-order valence-corrected chi connectivity index (χ3v) is 4.91. The molecule has 0 aliphatic rings. The summed E-state index contributed by atoms with van der Waals surface area (Å²) in [5, 5.41) is 9.57. The Hall–Kier alpha value is -2.34. The van der Waals surface area contributed by atoms with Crippen LogP contribution in [0.5, 0.6) is 0 Å². The molecule has 2 rings (SSSR count). The Balaban J connectivity index is 1.75. The van der Waals surface area contributed by atoms with Gasteiger partial charge in [-0.3, -0.25) is 9.79 Å². The first-order chi connectivity index (χ1) is 12.5. The van der Waals surface area contributed by atoms with Crippen LogP contribution in [0.15, 0.2) is 41.4 Å². The summed E-state index contributed by atoms with van der Waals surface area (Å²) in [6.45, 7) is 6.61. The molecule has 140 valence electrons. The van der Waals surface area contributed by atoms with Crippen LogP contribution in [0.25, 0.3) is 0 Å². The molecule has 2 aromatic rings. The number of rotatable bonds is 7. The fraction of sp³-hybridized carbons (Fsp3) is 0.400. The molecule has 0 radical (unpaired) electrons. The maximum atomic E-state index is 11.0. The number of nitrogens with zero attached hydrogens (tertiary/aromatic N) is 1. The van der Waals surface area contributed by atoms with Gasteiger partial charge in [0.1, 0.15) is 0 Å². The highest BCUT2D eigenvalue weighted by molar-refractivity contribution is 7.11. The average molecular weight is 373 g/mol. The third-order valence-electron chi connectivity index (χ3n) is 3.89. The highest BCUT2D eigenvalue weighted by atomic mass is 32.1. The van der Waals surface area contributed by atoms with E-state index in [-0.39, 0.29) is 5.91 Å². The van der Waals surface area contributed by atoms with Crippen LogP contribution in [0.3, 0.4) is 0 Å². The second-order valence-electron chi connectivity index (χ2n) is 6.39. The first-order valence-corrected chi connectivity index (χ1v) is 9.67. The van der Waals surface area contributed by atoms with Crippen LogP contribution >= 0.6 is 11.3 Å². The number of anilines is 1. The van der Waals surface area contributed by atoms with Gasteiger partial charge in [0, 0.05) is 48.4 Å². The SMILES string of the molecule is CN=C(NCCc1ccc(NC(C)=O)cc1)NC(C)Cc1ccc(C)s1. The smallest absolute Gasteiger partial charge is 0.221 e. The lowest BCUT2D eigenvalue weighted by Gasteiger charge is -2.17. The fourth-order valence-electron chi connectivity index (χ4n) is 2.66. The van der Waals surface area contributed by atoms with Crippen LogP contribution in [0.1, 0.15) is 29.2 Å². The average Bonchev–Trinajstić information content (AvgIpc) is 2.99.